The third-order valence-corrected chi connectivity index (χ3v) is 5.50. The van der Waals surface area contributed by atoms with E-state index in [1.807, 2.05) is 0 Å². The van der Waals surface area contributed by atoms with Gasteiger partial charge in [-0.1, -0.05) is 26.3 Å². The molecule has 0 aliphatic carbocycles. The molecule has 40 heavy (non-hydrogen) atoms. The van der Waals surface area contributed by atoms with E-state index in [-0.39, 0.29) is 45.3 Å². The largest absolute Gasteiger partial charge is 0.423 e. The number of benzene rings is 2. The van der Waals surface area contributed by atoms with E-state index in [0.717, 1.165) is 0 Å². The van der Waals surface area contributed by atoms with Crippen LogP contribution in [0.3, 0.4) is 0 Å². The Kier molecular flexibility index (Phi) is 10.3. The number of hydrogen-bond acceptors (Lipinski definition) is 8. The lowest BCUT2D eigenvalue weighted by molar-refractivity contribution is -0.131. The molecule has 0 radical (unpaired) electrons. The summed E-state index contributed by atoms with van der Waals surface area (Å²) in [4.78, 5) is 48.9. The summed E-state index contributed by atoms with van der Waals surface area (Å²) in [5, 5.41) is 0. The number of allylic oxidation sites excluding steroid dienone is 2. The lowest BCUT2D eigenvalue weighted by Crippen LogP contribution is -2.12. The van der Waals surface area contributed by atoms with Gasteiger partial charge in [-0.05, 0) is 77.0 Å². The molecular formula is C32H32O8. The molecule has 0 aliphatic rings. The van der Waals surface area contributed by atoms with Gasteiger partial charge in [0.15, 0.2) is 0 Å². The van der Waals surface area contributed by atoms with E-state index in [1.165, 1.54) is 39.8 Å². The van der Waals surface area contributed by atoms with Crippen LogP contribution in [0.4, 0.5) is 0 Å². The number of esters is 4. The van der Waals surface area contributed by atoms with Crippen molar-refractivity contribution in [3.05, 3.63) is 96.1 Å². The molecule has 0 spiro atoms. The summed E-state index contributed by atoms with van der Waals surface area (Å²) in [6, 6.07) is 9.18. The van der Waals surface area contributed by atoms with E-state index in [2.05, 4.69) is 26.3 Å². The quantitative estimate of drug-likeness (QED) is 0.143. The average molecular weight is 545 g/mol. The summed E-state index contributed by atoms with van der Waals surface area (Å²) < 4.78 is 21.7. The molecular weight excluding hydrogens is 512 g/mol. The molecule has 2 rings (SSSR count). The normalized spacial score (nSPS) is 10.9. The summed E-state index contributed by atoms with van der Waals surface area (Å²) in [5.41, 5.74) is 3.01. The zero-order chi connectivity index (χ0) is 30.3. The second-order valence-corrected chi connectivity index (χ2v) is 9.25. The van der Waals surface area contributed by atoms with E-state index >= 15 is 0 Å². The zero-order valence-electron chi connectivity index (χ0n) is 23.6. The van der Waals surface area contributed by atoms with Crippen LogP contribution in [0.1, 0.15) is 52.7 Å². The maximum Gasteiger partial charge on any atom is 0.338 e. The summed E-state index contributed by atoms with van der Waals surface area (Å²) in [5.74, 6) is -2.09. The van der Waals surface area contributed by atoms with Crippen LogP contribution >= 0.6 is 0 Å². The molecule has 2 aromatic carbocycles. The third kappa shape index (κ3) is 8.01. The summed E-state index contributed by atoms with van der Waals surface area (Å²) in [6.45, 7) is 24.0. The highest BCUT2D eigenvalue weighted by atomic mass is 16.6. The Morgan fingerprint density at radius 1 is 0.475 bits per heavy atom. The predicted molar refractivity (Wildman–Crippen MR) is 153 cm³/mol. The van der Waals surface area contributed by atoms with Gasteiger partial charge >= 0.3 is 23.9 Å². The molecule has 8 nitrogen and oxygen atoms in total. The molecule has 0 amide bonds. The number of carbonyl (C=O) groups excluding carboxylic acids is 4. The Labute approximate surface area is 233 Å². The first-order valence-electron chi connectivity index (χ1n) is 12.1. The van der Waals surface area contributed by atoms with Crippen molar-refractivity contribution in [2.24, 2.45) is 0 Å². The van der Waals surface area contributed by atoms with E-state index in [1.54, 1.807) is 38.1 Å². The number of ether oxygens (including phenoxy) is 4. The first-order valence-corrected chi connectivity index (χ1v) is 12.1. The molecule has 0 saturated carbocycles. The van der Waals surface area contributed by atoms with Crippen molar-refractivity contribution < 1.29 is 38.1 Å². The summed E-state index contributed by atoms with van der Waals surface area (Å²) in [6.07, 6.45) is 0. The van der Waals surface area contributed by atoms with Crippen LogP contribution in [0.25, 0.3) is 11.1 Å². The maximum absolute atomic E-state index is 12.4. The lowest BCUT2D eigenvalue weighted by Gasteiger charge is -2.17. The predicted octanol–water partition coefficient (Wildman–Crippen LogP) is 6.56. The maximum atomic E-state index is 12.4. The molecule has 0 aromatic heterocycles. The van der Waals surface area contributed by atoms with Crippen LogP contribution < -0.4 is 18.9 Å². The van der Waals surface area contributed by atoms with Crippen LogP contribution in [-0.4, -0.2) is 23.9 Å². The Hall–Kier alpha value is -4.98. The van der Waals surface area contributed by atoms with Gasteiger partial charge in [-0.2, -0.15) is 0 Å². The molecule has 208 valence electrons. The van der Waals surface area contributed by atoms with Gasteiger partial charge < -0.3 is 18.9 Å². The highest BCUT2D eigenvalue weighted by Gasteiger charge is 2.20. The van der Waals surface area contributed by atoms with Crippen LogP contribution in [0.15, 0.2) is 85.0 Å². The average Bonchev–Trinajstić information content (AvgIpc) is 2.87. The molecule has 0 saturated heterocycles. The SMILES string of the molecule is C=C(C)C(=O)Oc1ccc(C(C)=C(C)c2ccc(OC(=O)C(=C)C)cc2OC(=O)C(=C)C)c(OC(=O)C(=C)C)c1. The molecule has 0 heterocycles. The minimum Gasteiger partial charge on any atom is -0.423 e. The molecule has 0 fully saturated rings. The molecule has 0 N–H and O–H groups in total. The van der Waals surface area contributed by atoms with Crippen molar-refractivity contribution in [2.75, 3.05) is 0 Å². The molecule has 8 heteroatoms. The fourth-order valence-electron chi connectivity index (χ4n) is 3.09. The van der Waals surface area contributed by atoms with Crippen LogP contribution in [-0.2, 0) is 19.2 Å². The number of rotatable bonds is 10. The van der Waals surface area contributed by atoms with E-state index < -0.39 is 23.9 Å². The van der Waals surface area contributed by atoms with Crippen molar-refractivity contribution in [2.45, 2.75) is 41.5 Å². The van der Waals surface area contributed by atoms with Crippen LogP contribution in [0.2, 0.25) is 0 Å². The van der Waals surface area contributed by atoms with Gasteiger partial charge in [0.2, 0.25) is 0 Å². The molecule has 0 unspecified atom stereocenters. The molecule has 0 bridgehead atoms. The Morgan fingerprint density at radius 3 is 1.02 bits per heavy atom. The molecule has 2 aromatic rings. The highest BCUT2D eigenvalue weighted by Crippen LogP contribution is 2.39. The second-order valence-electron chi connectivity index (χ2n) is 9.25. The Balaban J connectivity index is 2.69. The second kappa shape index (κ2) is 13.2. The highest BCUT2D eigenvalue weighted by molar-refractivity contribution is 5.96. The summed E-state index contributed by atoms with van der Waals surface area (Å²) >= 11 is 0. The first kappa shape index (κ1) is 31.2. The fraction of sp³-hybridized carbons (Fsp3) is 0.188. The van der Waals surface area contributed by atoms with Crippen LogP contribution in [0, 0.1) is 0 Å². The standard InChI is InChI=1S/C32H32O8/c1-17(2)29(33)37-23-11-13-25(27(15-23)39-31(35)19(5)6)21(9)22(10)26-14-12-24(38-30(34)18(3)4)16-28(26)40-32(36)20(7)8/h11-16H,1,3,5,7H2,2,4,6,8-10H3. The fourth-order valence-corrected chi connectivity index (χ4v) is 3.09. The number of hydrogen-bond donors (Lipinski definition) is 0. The Bertz CT molecular complexity index is 1370. The van der Waals surface area contributed by atoms with Crippen molar-refractivity contribution in [3.8, 4) is 23.0 Å². The van der Waals surface area contributed by atoms with Crippen molar-refractivity contribution in [3.63, 3.8) is 0 Å². The van der Waals surface area contributed by atoms with Crippen molar-refractivity contribution in [1.82, 2.24) is 0 Å². The van der Waals surface area contributed by atoms with E-state index in [4.69, 9.17) is 18.9 Å². The molecule has 0 aliphatic heterocycles. The summed E-state index contributed by atoms with van der Waals surface area (Å²) in [7, 11) is 0. The van der Waals surface area contributed by atoms with Gasteiger partial charge in [-0.3, -0.25) is 0 Å². The minimum absolute atomic E-state index is 0.115. The molecule has 0 atom stereocenters. The Morgan fingerprint density at radius 2 is 0.750 bits per heavy atom. The first-order chi connectivity index (χ1) is 18.6. The van der Waals surface area contributed by atoms with Gasteiger partial charge in [0.05, 0.1) is 0 Å². The number of carbonyl (C=O) groups is 4. The van der Waals surface area contributed by atoms with Crippen molar-refractivity contribution >= 4 is 35.0 Å². The smallest absolute Gasteiger partial charge is 0.338 e. The minimum atomic E-state index is -0.671. The van der Waals surface area contributed by atoms with Gasteiger partial charge in [-0.15, -0.1) is 0 Å². The lowest BCUT2D eigenvalue weighted by atomic mass is 9.95. The topological polar surface area (TPSA) is 105 Å². The van der Waals surface area contributed by atoms with Gasteiger partial charge in [0.1, 0.15) is 23.0 Å². The monoisotopic (exact) mass is 544 g/mol. The zero-order valence-corrected chi connectivity index (χ0v) is 23.6. The van der Waals surface area contributed by atoms with Gasteiger partial charge in [0.25, 0.3) is 0 Å². The van der Waals surface area contributed by atoms with Crippen molar-refractivity contribution in [1.29, 1.82) is 0 Å². The van der Waals surface area contributed by atoms with Gasteiger partial charge in [0, 0.05) is 45.6 Å². The van der Waals surface area contributed by atoms with E-state index in [0.29, 0.717) is 22.3 Å². The van der Waals surface area contributed by atoms with Gasteiger partial charge in [-0.25, -0.2) is 19.2 Å². The van der Waals surface area contributed by atoms with E-state index in [9.17, 15) is 19.2 Å². The third-order valence-electron chi connectivity index (χ3n) is 5.50. The van der Waals surface area contributed by atoms with Crippen LogP contribution in [0.5, 0.6) is 23.0 Å².